The zero-order valence-corrected chi connectivity index (χ0v) is 20.2. The van der Waals surface area contributed by atoms with Crippen LogP contribution in [0.5, 0.6) is 0 Å². The SMILES string of the molecule is CC(C)(C)OC(=O)NC12C(CCO)C(OC(=O)[C@H]1O)C1(COC(C)(C)O1)C1OC(C)(C)OC12. The Balaban J connectivity index is 1.88. The Hall–Kier alpha value is -1.50. The summed E-state index contributed by atoms with van der Waals surface area (Å²) in [5.74, 6) is -3.88. The smallest absolute Gasteiger partial charge is 0.408 e. The van der Waals surface area contributed by atoms with Crippen molar-refractivity contribution in [2.45, 2.75) is 108 Å². The summed E-state index contributed by atoms with van der Waals surface area (Å²) in [5, 5.41) is 23.9. The van der Waals surface area contributed by atoms with Crippen LogP contribution in [0, 0.1) is 5.92 Å². The topological polar surface area (TPSA) is 142 Å². The fourth-order valence-electron chi connectivity index (χ4n) is 5.68. The largest absolute Gasteiger partial charge is 0.457 e. The molecule has 11 nitrogen and oxygen atoms in total. The molecule has 4 rings (SSSR count). The molecule has 3 aliphatic heterocycles. The van der Waals surface area contributed by atoms with Crippen LogP contribution >= 0.6 is 0 Å². The first kappa shape index (κ1) is 24.6. The van der Waals surface area contributed by atoms with Gasteiger partial charge >= 0.3 is 12.1 Å². The van der Waals surface area contributed by atoms with Crippen molar-refractivity contribution in [2.24, 2.45) is 5.92 Å². The number of ether oxygens (including phenoxy) is 6. The van der Waals surface area contributed by atoms with Crippen LogP contribution < -0.4 is 5.32 Å². The minimum absolute atomic E-state index is 0.0269. The van der Waals surface area contributed by atoms with E-state index in [9.17, 15) is 19.8 Å². The number of aliphatic hydroxyl groups excluding tert-OH is 2. The molecular weight excluding hydrogens is 438 g/mol. The van der Waals surface area contributed by atoms with Crippen molar-refractivity contribution in [3.63, 3.8) is 0 Å². The minimum Gasteiger partial charge on any atom is -0.457 e. The van der Waals surface area contributed by atoms with E-state index in [2.05, 4.69) is 5.32 Å². The maximum Gasteiger partial charge on any atom is 0.408 e. The molecule has 1 amide bonds. The summed E-state index contributed by atoms with van der Waals surface area (Å²) in [5.41, 5.74) is -3.82. The van der Waals surface area contributed by atoms with Gasteiger partial charge in [-0.15, -0.1) is 0 Å². The molecule has 3 N–H and O–H groups in total. The van der Waals surface area contributed by atoms with E-state index in [4.69, 9.17) is 28.4 Å². The number of carbonyl (C=O) groups excluding carboxylic acids is 2. The molecule has 2 bridgehead atoms. The van der Waals surface area contributed by atoms with E-state index in [1.165, 1.54) is 0 Å². The standard InChI is InChI=1S/C22H35NO10/c1-18(2,3)32-17(27)23-22-11(8-9-24)13(29-16(26)12(22)25)21(10-28-19(4,5)33-21)14-15(22)31-20(6,7)30-14/h11-15,24-25H,8-10H2,1-7H3,(H,23,27)/t11?,12-,13?,14?,15?,21?,22?/m1/s1. The lowest BCUT2D eigenvalue weighted by Crippen LogP contribution is -2.85. The van der Waals surface area contributed by atoms with Crippen LogP contribution in [0.25, 0.3) is 0 Å². The van der Waals surface area contributed by atoms with E-state index >= 15 is 0 Å². The van der Waals surface area contributed by atoms with Crippen molar-refractivity contribution < 1.29 is 48.2 Å². The van der Waals surface area contributed by atoms with E-state index < -0.39 is 70.7 Å². The summed E-state index contributed by atoms with van der Waals surface area (Å²) in [4.78, 5) is 25.9. The average Bonchev–Trinajstić information content (AvgIpc) is 3.16. The Morgan fingerprint density at radius 1 is 1.12 bits per heavy atom. The Labute approximate surface area is 193 Å². The number of fused-ring (bicyclic) bond motifs is 6. The molecule has 0 aromatic rings. The van der Waals surface area contributed by atoms with E-state index in [1.807, 2.05) is 0 Å². The van der Waals surface area contributed by atoms with Crippen molar-refractivity contribution in [3.05, 3.63) is 0 Å². The second-order valence-electron chi connectivity index (χ2n) is 11.2. The molecule has 1 spiro atoms. The molecule has 188 valence electrons. The molecule has 6 unspecified atom stereocenters. The van der Waals surface area contributed by atoms with Crippen LogP contribution in [0.4, 0.5) is 4.79 Å². The maximum atomic E-state index is 13.0. The molecule has 7 atom stereocenters. The quantitative estimate of drug-likeness (QED) is 0.499. The van der Waals surface area contributed by atoms with Gasteiger partial charge in [-0.05, 0) is 54.9 Å². The van der Waals surface area contributed by atoms with Gasteiger partial charge < -0.3 is 44.0 Å². The molecule has 0 aromatic heterocycles. The zero-order chi connectivity index (χ0) is 24.6. The Bertz CT molecular complexity index is 822. The van der Waals surface area contributed by atoms with E-state index in [-0.39, 0.29) is 19.6 Å². The van der Waals surface area contributed by atoms with Crippen molar-refractivity contribution in [3.8, 4) is 0 Å². The summed E-state index contributed by atoms with van der Waals surface area (Å²) < 4.78 is 35.9. The molecule has 4 fully saturated rings. The first-order valence-corrected chi connectivity index (χ1v) is 11.3. The second kappa shape index (κ2) is 7.50. The van der Waals surface area contributed by atoms with E-state index in [0.717, 1.165) is 0 Å². The minimum atomic E-state index is -1.80. The highest BCUT2D eigenvalue weighted by Gasteiger charge is 2.79. The molecule has 3 saturated heterocycles. The molecule has 33 heavy (non-hydrogen) atoms. The van der Waals surface area contributed by atoms with Crippen molar-refractivity contribution >= 4 is 12.1 Å². The predicted octanol–water partition coefficient (Wildman–Crippen LogP) is 0.590. The van der Waals surface area contributed by atoms with Gasteiger partial charge in [-0.1, -0.05) is 0 Å². The summed E-state index contributed by atoms with van der Waals surface area (Å²) in [6.07, 6.45) is -5.47. The van der Waals surface area contributed by atoms with Crippen molar-refractivity contribution in [1.82, 2.24) is 5.32 Å². The second-order valence-corrected chi connectivity index (χ2v) is 11.2. The van der Waals surface area contributed by atoms with Crippen LogP contribution in [-0.2, 0) is 33.2 Å². The van der Waals surface area contributed by atoms with Crippen LogP contribution in [0.15, 0.2) is 0 Å². The van der Waals surface area contributed by atoms with Crippen LogP contribution in [-0.4, -0.2) is 88.2 Å². The maximum absolute atomic E-state index is 13.0. The Kier molecular flexibility index (Phi) is 5.59. The third-order valence-electron chi connectivity index (χ3n) is 6.67. The van der Waals surface area contributed by atoms with Crippen molar-refractivity contribution in [1.29, 1.82) is 0 Å². The first-order valence-electron chi connectivity index (χ1n) is 11.3. The fraction of sp³-hybridized carbons (Fsp3) is 0.909. The van der Waals surface area contributed by atoms with E-state index in [1.54, 1.807) is 48.5 Å². The van der Waals surface area contributed by atoms with Gasteiger partial charge in [-0.2, -0.15) is 0 Å². The third kappa shape index (κ3) is 3.82. The van der Waals surface area contributed by atoms with Gasteiger partial charge in [0.1, 0.15) is 29.5 Å². The number of esters is 1. The zero-order valence-electron chi connectivity index (χ0n) is 20.2. The Morgan fingerprint density at radius 2 is 1.76 bits per heavy atom. The summed E-state index contributed by atoms with van der Waals surface area (Å²) >= 11 is 0. The fourth-order valence-corrected chi connectivity index (χ4v) is 5.68. The van der Waals surface area contributed by atoms with Gasteiger partial charge in [0.25, 0.3) is 0 Å². The average molecular weight is 474 g/mol. The highest BCUT2D eigenvalue weighted by molar-refractivity contribution is 5.81. The van der Waals surface area contributed by atoms with E-state index in [0.29, 0.717) is 0 Å². The number of amides is 1. The Morgan fingerprint density at radius 3 is 2.30 bits per heavy atom. The predicted molar refractivity (Wildman–Crippen MR) is 111 cm³/mol. The van der Waals surface area contributed by atoms with Gasteiger partial charge in [0.2, 0.25) is 0 Å². The van der Waals surface area contributed by atoms with Gasteiger partial charge in [0.15, 0.2) is 23.3 Å². The number of alkyl carbamates (subject to hydrolysis) is 1. The number of hydrogen-bond acceptors (Lipinski definition) is 10. The summed E-state index contributed by atoms with van der Waals surface area (Å²) in [6.45, 7) is 11.7. The molecule has 3 heterocycles. The lowest BCUT2D eigenvalue weighted by Gasteiger charge is -2.61. The third-order valence-corrected chi connectivity index (χ3v) is 6.67. The molecular formula is C22H35NO10. The van der Waals surface area contributed by atoms with Gasteiger partial charge in [0.05, 0.1) is 6.61 Å². The first-order chi connectivity index (χ1) is 15.1. The lowest BCUT2D eigenvalue weighted by molar-refractivity contribution is -0.288. The monoisotopic (exact) mass is 473 g/mol. The number of hydrogen-bond donors (Lipinski definition) is 3. The van der Waals surface area contributed by atoms with Crippen LogP contribution in [0.1, 0.15) is 54.9 Å². The number of rotatable bonds is 3. The van der Waals surface area contributed by atoms with Crippen LogP contribution in [0.2, 0.25) is 0 Å². The molecule has 0 aromatic carbocycles. The molecule has 11 heteroatoms. The highest BCUT2D eigenvalue weighted by Crippen LogP contribution is 2.58. The normalized spacial score (nSPS) is 43.2. The molecule has 0 radical (unpaired) electrons. The van der Waals surface area contributed by atoms with Gasteiger partial charge in [-0.25, -0.2) is 9.59 Å². The van der Waals surface area contributed by atoms with Crippen LogP contribution in [0.3, 0.4) is 0 Å². The summed E-state index contributed by atoms with van der Waals surface area (Å²) in [7, 11) is 0. The summed E-state index contributed by atoms with van der Waals surface area (Å²) in [6, 6.07) is 0. The number of aliphatic hydroxyl groups is 2. The van der Waals surface area contributed by atoms with Gasteiger partial charge in [0, 0.05) is 12.5 Å². The lowest BCUT2D eigenvalue weighted by atomic mass is 9.57. The van der Waals surface area contributed by atoms with Gasteiger partial charge in [-0.3, -0.25) is 0 Å². The number of nitrogens with one attached hydrogen (secondary N) is 1. The number of carbonyl (C=O) groups is 2. The van der Waals surface area contributed by atoms with Crippen molar-refractivity contribution in [2.75, 3.05) is 13.2 Å². The highest BCUT2D eigenvalue weighted by atomic mass is 16.8. The molecule has 1 saturated carbocycles. The molecule has 1 aliphatic carbocycles. The molecule has 4 aliphatic rings.